The number of carbonyl (C=O) groups is 3. The maximum atomic E-state index is 12.8. The van der Waals surface area contributed by atoms with Gasteiger partial charge >= 0.3 is 0 Å². The predicted molar refractivity (Wildman–Crippen MR) is 128 cm³/mol. The van der Waals surface area contributed by atoms with Crippen LogP contribution in [-0.2, 0) is 13.0 Å². The number of aromatic nitrogens is 1. The minimum atomic E-state index is -0.368. The number of benzene rings is 3. The van der Waals surface area contributed by atoms with Gasteiger partial charge in [0.15, 0.2) is 5.78 Å². The van der Waals surface area contributed by atoms with E-state index >= 15 is 0 Å². The van der Waals surface area contributed by atoms with E-state index in [0.29, 0.717) is 29.7 Å². The van der Waals surface area contributed by atoms with Gasteiger partial charge in [0.1, 0.15) is 10.7 Å². The zero-order valence-electron chi connectivity index (χ0n) is 17.5. The van der Waals surface area contributed by atoms with E-state index in [1.165, 1.54) is 0 Å². The quantitative estimate of drug-likeness (QED) is 0.392. The number of H-pyrrole nitrogens is 1. The first kappa shape index (κ1) is 20.9. The molecule has 1 aromatic heterocycles. The van der Waals surface area contributed by atoms with Crippen LogP contribution in [-0.4, -0.2) is 22.3 Å². The Labute approximate surface area is 195 Å². The van der Waals surface area contributed by atoms with Crippen LogP contribution >= 0.6 is 11.6 Å². The van der Waals surface area contributed by atoms with Crippen LogP contribution < -0.4 is 5.32 Å². The molecule has 0 saturated carbocycles. The second-order valence-corrected chi connectivity index (χ2v) is 8.28. The number of fused-ring (bicyclic) bond motifs is 2. The SMILES string of the molecule is O=C(Cc1cccc2[nH]ccc12)c1ccc(CNC2=C(Cl)C(=O)c3ccccc3C2=O)cc1. The Morgan fingerprint density at radius 1 is 0.848 bits per heavy atom. The minimum absolute atomic E-state index is 0.0265. The molecule has 3 aromatic carbocycles. The number of halogens is 1. The number of Topliss-reactive ketones (excluding diaryl/α,β-unsaturated/α-hetero) is 3. The molecule has 5 nitrogen and oxygen atoms in total. The van der Waals surface area contributed by atoms with Gasteiger partial charge in [0.05, 0.1) is 0 Å². The molecule has 0 amide bonds. The zero-order valence-corrected chi connectivity index (χ0v) is 18.3. The number of rotatable bonds is 6. The monoisotopic (exact) mass is 454 g/mol. The number of hydrogen-bond acceptors (Lipinski definition) is 4. The number of ketones is 3. The summed E-state index contributed by atoms with van der Waals surface area (Å²) in [5.74, 6) is -0.646. The van der Waals surface area contributed by atoms with E-state index in [0.717, 1.165) is 22.0 Å². The first-order chi connectivity index (χ1) is 16.0. The van der Waals surface area contributed by atoms with E-state index in [9.17, 15) is 14.4 Å². The molecule has 2 N–H and O–H groups in total. The Kier molecular flexibility index (Phi) is 5.40. The number of aromatic amines is 1. The van der Waals surface area contributed by atoms with Crippen molar-refractivity contribution in [3.63, 3.8) is 0 Å². The molecule has 1 aliphatic rings. The standard InChI is InChI=1S/C27H19ClN2O3/c28-24-25(27(33)21-6-2-1-5-20(21)26(24)32)30-15-16-8-10-17(11-9-16)23(31)14-18-4-3-7-22-19(18)12-13-29-22/h1-13,29-30H,14-15H2. The van der Waals surface area contributed by atoms with Crippen molar-refractivity contribution in [1.29, 1.82) is 0 Å². The maximum absolute atomic E-state index is 12.8. The van der Waals surface area contributed by atoms with Crippen molar-refractivity contribution >= 4 is 39.9 Å². The third kappa shape index (κ3) is 3.88. The summed E-state index contributed by atoms with van der Waals surface area (Å²) in [7, 11) is 0. The fraction of sp³-hybridized carbons (Fsp3) is 0.0741. The smallest absolute Gasteiger partial charge is 0.211 e. The first-order valence-electron chi connectivity index (χ1n) is 10.5. The third-order valence-electron chi connectivity index (χ3n) is 5.84. The topological polar surface area (TPSA) is 79.0 Å². The van der Waals surface area contributed by atoms with Gasteiger partial charge < -0.3 is 10.3 Å². The van der Waals surface area contributed by atoms with E-state index in [4.69, 9.17) is 11.6 Å². The Morgan fingerprint density at radius 3 is 2.33 bits per heavy atom. The van der Waals surface area contributed by atoms with Crippen molar-refractivity contribution in [1.82, 2.24) is 10.3 Å². The van der Waals surface area contributed by atoms with Crippen molar-refractivity contribution in [2.45, 2.75) is 13.0 Å². The molecule has 162 valence electrons. The van der Waals surface area contributed by atoms with E-state index in [2.05, 4.69) is 10.3 Å². The summed E-state index contributed by atoms with van der Waals surface area (Å²) in [4.78, 5) is 41.2. The van der Waals surface area contributed by atoms with Crippen LogP contribution in [0.2, 0.25) is 0 Å². The van der Waals surface area contributed by atoms with Gasteiger partial charge in [0, 0.05) is 46.8 Å². The van der Waals surface area contributed by atoms with E-state index in [1.807, 2.05) is 42.6 Å². The normalized spacial score (nSPS) is 13.4. The van der Waals surface area contributed by atoms with Crippen molar-refractivity contribution in [3.05, 3.63) is 118 Å². The lowest BCUT2D eigenvalue weighted by Crippen LogP contribution is -2.28. The van der Waals surface area contributed by atoms with Crippen molar-refractivity contribution in [2.75, 3.05) is 0 Å². The van der Waals surface area contributed by atoms with E-state index in [-0.39, 0.29) is 28.1 Å². The predicted octanol–water partition coefficient (Wildman–Crippen LogP) is 5.21. The number of allylic oxidation sites excluding steroid dienone is 2. The summed E-state index contributed by atoms with van der Waals surface area (Å²) in [5.41, 5.74) is 4.21. The molecular formula is C27H19ClN2O3. The van der Waals surface area contributed by atoms with Gasteiger partial charge in [-0.05, 0) is 23.3 Å². The molecule has 0 spiro atoms. The Balaban J connectivity index is 1.28. The molecule has 4 aromatic rings. The van der Waals surface area contributed by atoms with Crippen LogP contribution in [0.25, 0.3) is 10.9 Å². The molecule has 6 heteroatoms. The van der Waals surface area contributed by atoms with Crippen molar-refractivity contribution in [2.24, 2.45) is 0 Å². The molecule has 1 heterocycles. The molecule has 33 heavy (non-hydrogen) atoms. The molecule has 0 fully saturated rings. The first-order valence-corrected chi connectivity index (χ1v) is 10.9. The van der Waals surface area contributed by atoms with Crippen LogP contribution in [0, 0.1) is 0 Å². The molecule has 0 saturated heterocycles. The molecule has 0 radical (unpaired) electrons. The molecule has 1 aliphatic carbocycles. The third-order valence-corrected chi connectivity index (χ3v) is 6.20. The Bertz CT molecular complexity index is 1450. The molecule has 0 unspecified atom stereocenters. The lowest BCUT2D eigenvalue weighted by atomic mass is 9.92. The summed E-state index contributed by atoms with van der Waals surface area (Å²) in [6, 6.07) is 21.7. The Hall–Kier alpha value is -3.96. The summed E-state index contributed by atoms with van der Waals surface area (Å²) in [6.45, 7) is 0.296. The molecule has 0 bridgehead atoms. The maximum Gasteiger partial charge on any atom is 0.211 e. The largest absolute Gasteiger partial charge is 0.376 e. The van der Waals surface area contributed by atoms with Crippen molar-refractivity contribution < 1.29 is 14.4 Å². The van der Waals surface area contributed by atoms with E-state index < -0.39 is 0 Å². The van der Waals surface area contributed by atoms with Gasteiger partial charge in [0.2, 0.25) is 11.6 Å². The molecule has 0 aliphatic heterocycles. The lowest BCUT2D eigenvalue weighted by molar-refractivity contribution is 0.0974. The van der Waals surface area contributed by atoms with Crippen LogP contribution in [0.3, 0.4) is 0 Å². The van der Waals surface area contributed by atoms with Crippen LogP contribution in [0.4, 0.5) is 0 Å². The second-order valence-electron chi connectivity index (χ2n) is 7.90. The summed E-state index contributed by atoms with van der Waals surface area (Å²) in [5, 5.41) is 3.94. The van der Waals surface area contributed by atoms with Gasteiger partial charge in [-0.2, -0.15) is 0 Å². The van der Waals surface area contributed by atoms with Crippen molar-refractivity contribution in [3.8, 4) is 0 Å². The Morgan fingerprint density at radius 2 is 1.58 bits per heavy atom. The van der Waals surface area contributed by atoms with Gasteiger partial charge in [-0.1, -0.05) is 72.3 Å². The lowest BCUT2D eigenvalue weighted by Gasteiger charge is -2.19. The second kappa shape index (κ2) is 8.52. The number of hydrogen-bond donors (Lipinski definition) is 2. The number of carbonyl (C=O) groups excluding carboxylic acids is 3. The summed E-state index contributed by atoms with van der Waals surface area (Å²) >= 11 is 6.20. The highest BCUT2D eigenvalue weighted by atomic mass is 35.5. The molecule has 5 rings (SSSR count). The molecular weight excluding hydrogens is 436 g/mol. The molecule has 0 atom stereocenters. The highest BCUT2D eigenvalue weighted by molar-refractivity contribution is 6.49. The van der Waals surface area contributed by atoms with Gasteiger partial charge in [-0.3, -0.25) is 14.4 Å². The van der Waals surface area contributed by atoms with Crippen LogP contribution in [0.1, 0.15) is 42.2 Å². The average Bonchev–Trinajstić information content (AvgIpc) is 3.33. The van der Waals surface area contributed by atoms with Crippen LogP contribution in [0.5, 0.6) is 0 Å². The van der Waals surface area contributed by atoms with Crippen LogP contribution in [0.15, 0.2) is 89.7 Å². The zero-order chi connectivity index (χ0) is 22.9. The van der Waals surface area contributed by atoms with Gasteiger partial charge in [-0.25, -0.2) is 0 Å². The van der Waals surface area contributed by atoms with Gasteiger partial charge in [0.25, 0.3) is 0 Å². The summed E-state index contributed by atoms with van der Waals surface area (Å²) < 4.78 is 0. The number of nitrogens with one attached hydrogen (secondary N) is 2. The highest BCUT2D eigenvalue weighted by Crippen LogP contribution is 2.27. The fourth-order valence-corrected chi connectivity index (χ4v) is 4.34. The highest BCUT2D eigenvalue weighted by Gasteiger charge is 2.30. The minimum Gasteiger partial charge on any atom is -0.376 e. The van der Waals surface area contributed by atoms with Gasteiger partial charge in [-0.15, -0.1) is 0 Å². The fourth-order valence-electron chi connectivity index (χ4n) is 4.08. The summed E-state index contributed by atoms with van der Waals surface area (Å²) in [6.07, 6.45) is 2.18. The van der Waals surface area contributed by atoms with E-state index in [1.54, 1.807) is 36.4 Å². The average molecular weight is 455 g/mol.